The number of halogens is 3. The molecule has 3 aromatic rings. The number of nitrogens with two attached hydrogens (primary N) is 1. The largest absolute Gasteiger partial charge is 0.384 e. The Labute approximate surface area is 152 Å². The molecular formula is C14H12Cl3N5S. The molecule has 23 heavy (non-hydrogen) atoms. The van der Waals surface area contributed by atoms with Gasteiger partial charge in [-0.1, -0.05) is 46.6 Å². The fraction of sp³-hybridized carbons (Fsp3) is 0.214. The molecule has 0 aromatic carbocycles. The van der Waals surface area contributed by atoms with Crippen LogP contribution < -0.4 is 5.73 Å². The predicted molar refractivity (Wildman–Crippen MR) is 96.5 cm³/mol. The van der Waals surface area contributed by atoms with Crippen LogP contribution in [0.3, 0.4) is 0 Å². The molecule has 0 aliphatic carbocycles. The lowest BCUT2D eigenvalue weighted by Crippen LogP contribution is -1.99. The average Bonchev–Trinajstić information content (AvgIpc) is 2.73. The highest BCUT2D eigenvalue weighted by Crippen LogP contribution is 2.37. The second kappa shape index (κ2) is 6.36. The van der Waals surface area contributed by atoms with Gasteiger partial charge in [-0.05, 0) is 13.0 Å². The van der Waals surface area contributed by atoms with E-state index < -0.39 is 0 Å². The van der Waals surface area contributed by atoms with Crippen molar-refractivity contribution in [3.8, 4) is 0 Å². The van der Waals surface area contributed by atoms with Crippen LogP contribution in [-0.4, -0.2) is 19.5 Å². The Hall–Kier alpha value is -1.21. The number of fused-ring (bicyclic) bond motifs is 1. The molecule has 0 aliphatic heterocycles. The second-order valence-electron chi connectivity index (χ2n) is 4.98. The topological polar surface area (TPSA) is 69.6 Å². The lowest BCUT2D eigenvalue weighted by molar-refractivity contribution is 0.939. The van der Waals surface area contributed by atoms with E-state index in [1.807, 2.05) is 30.8 Å². The maximum absolute atomic E-state index is 6.31. The summed E-state index contributed by atoms with van der Waals surface area (Å²) in [7, 11) is 1.88. The smallest absolute Gasteiger partial charge is 0.191 e. The van der Waals surface area contributed by atoms with Gasteiger partial charge in [0.2, 0.25) is 0 Å². The van der Waals surface area contributed by atoms with Crippen LogP contribution in [0.1, 0.15) is 17.9 Å². The summed E-state index contributed by atoms with van der Waals surface area (Å²) in [5.74, 6) is 0.326. The van der Waals surface area contributed by atoms with Gasteiger partial charge in [0, 0.05) is 24.7 Å². The maximum atomic E-state index is 6.31. The highest BCUT2D eigenvalue weighted by atomic mass is 35.5. The van der Waals surface area contributed by atoms with E-state index in [1.165, 1.54) is 17.8 Å². The molecule has 0 amide bonds. The average molecular weight is 389 g/mol. The van der Waals surface area contributed by atoms with E-state index in [0.29, 0.717) is 26.3 Å². The molecule has 0 radical (unpaired) electrons. The molecule has 5 nitrogen and oxygen atoms in total. The summed E-state index contributed by atoms with van der Waals surface area (Å²) in [6, 6.07) is 3.43. The minimum atomic E-state index is -0.0500. The molecule has 0 bridgehead atoms. The van der Waals surface area contributed by atoms with Crippen LogP contribution in [0.15, 0.2) is 23.5 Å². The maximum Gasteiger partial charge on any atom is 0.191 e. The van der Waals surface area contributed by atoms with Crippen molar-refractivity contribution < 1.29 is 0 Å². The van der Waals surface area contributed by atoms with E-state index in [4.69, 9.17) is 40.5 Å². The van der Waals surface area contributed by atoms with Crippen LogP contribution in [0.5, 0.6) is 0 Å². The quantitative estimate of drug-likeness (QED) is 0.303. The molecular weight excluding hydrogens is 377 g/mol. The molecule has 120 valence electrons. The second-order valence-corrected chi connectivity index (χ2v) is 7.44. The van der Waals surface area contributed by atoms with E-state index in [2.05, 4.69) is 15.0 Å². The lowest BCUT2D eigenvalue weighted by atomic mass is 10.2. The highest BCUT2D eigenvalue weighted by Gasteiger charge is 2.17. The Morgan fingerprint density at radius 1 is 1.17 bits per heavy atom. The van der Waals surface area contributed by atoms with Gasteiger partial charge < -0.3 is 10.3 Å². The summed E-state index contributed by atoms with van der Waals surface area (Å²) in [5.41, 5.74) is 7.28. The van der Waals surface area contributed by atoms with Gasteiger partial charge >= 0.3 is 0 Å². The molecule has 0 fully saturated rings. The van der Waals surface area contributed by atoms with Gasteiger partial charge in [0.1, 0.15) is 11.0 Å². The minimum Gasteiger partial charge on any atom is -0.384 e. The minimum absolute atomic E-state index is 0.0500. The van der Waals surface area contributed by atoms with E-state index in [9.17, 15) is 0 Å². The van der Waals surface area contributed by atoms with Crippen molar-refractivity contribution in [3.05, 3.63) is 39.4 Å². The molecule has 3 rings (SSSR count). The zero-order chi connectivity index (χ0) is 16.7. The monoisotopic (exact) mass is 387 g/mol. The van der Waals surface area contributed by atoms with Crippen LogP contribution in [-0.2, 0) is 7.05 Å². The van der Waals surface area contributed by atoms with Gasteiger partial charge in [0.15, 0.2) is 10.3 Å². The Morgan fingerprint density at radius 2 is 1.91 bits per heavy atom. The van der Waals surface area contributed by atoms with Gasteiger partial charge in [-0.15, -0.1) is 0 Å². The molecule has 3 heterocycles. The van der Waals surface area contributed by atoms with Crippen molar-refractivity contribution in [2.24, 2.45) is 7.05 Å². The van der Waals surface area contributed by atoms with Crippen molar-refractivity contribution in [2.75, 3.05) is 5.73 Å². The van der Waals surface area contributed by atoms with Crippen LogP contribution in [0.4, 0.5) is 5.82 Å². The molecule has 1 unspecified atom stereocenters. The molecule has 2 N–H and O–H groups in total. The van der Waals surface area contributed by atoms with E-state index in [-0.39, 0.29) is 5.25 Å². The Balaban J connectivity index is 1.97. The van der Waals surface area contributed by atoms with Gasteiger partial charge in [0.25, 0.3) is 0 Å². The van der Waals surface area contributed by atoms with Crippen molar-refractivity contribution in [2.45, 2.75) is 17.3 Å². The number of aryl methyl sites for hydroxylation is 1. The van der Waals surface area contributed by atoms with E-state index >= 15 is 0 Å². The number of pyridine rings is 1. The number of aromatic nitrogens is 4. The first-order valence-corrected chi connectivity index (χ1v) is 8.64. The summed E-state index contributed by atoms with van der Waals surface area (Å²) < 4.78 is 1.86. The number of nitrogen functional groups attached to an aromatic ring is 1. The van der Waals surface area contributed by atoms with Gasteiger partial charge in [-0.3, -0.25) is 0 Å². The van der Waals surface area contributed by atoms with Gasteiger partial charge in [-0.25, -0.2) is 15.0 Å². The SMILES string of the molecule is CC(Sc1nc(N)cc(Cl)n1)c1cc2c(Cl)cn(C)c2c(Cl)n1. The third-order valence-electron chi connectivity index (χ3n) is 3.28. The normalized spacial score (nSPS) is 12.7. The highest BCUT2D eigenvalue weighted by molar-refractivity contribution is 7.99. The third-order valence-corrected chi connectivity index (χ3v) is 5.03. The van der Waals surface area contributed by atoms with Gasteiger partial charge in [0.05, 0.1) is 21.5 Å². The molecule has 0 saturated heterocycles. The standard InChI is InChI=1S/C14H12Cl3N5S/c1-6(23-14-20-10(16)4-11(18)21-14)9-3-7-8(15)5-22(2)12(7)13(17)19-9/h3-6H,1-2H3,(H2,18,20,21). The Morgan fingerprint density at radius 3 is 2.61 bits per heavy atom. The van der Waals surface area contributed by atoms with Crippen LogP contribution in [0.2, 0.25) is 15.3 Å². The first-order valence-electron chi connectivity index (χ1n) is 6.63. The fourth-order valence-electron chi connectivity index (χ4n) is 2.24. The molecule has 0 saturated carbocycles. The van der Waals surface area contributed by atoms with E-state index in [1.54, 1.807) is 0 Å². The van der Waals surface area contributed by atoms with Crippen LogP contribution in [0, 0.1) is 0 Å². The number of rotatable bonds is 3. The first kappa shape index (κ1) is 16.6. The molecule has 1 atom stereocenters. The zero-order valence-corrected chi connectivity index (χ0v) is 15.3. The summed E-state index contributed by atoms with van der Waals surface area (Å²) in [4.78, 5) is 12.8. The molecule has 0 spiro atoms. The summed E-state index contributed by atoms with van der Waals surface area (Å²) in [5, 5.41) is 2.65. The zero-order valence-electron chi connectivity index (χ0n) is 12.2. The summed E-state index contributed by atoms with van der Waals surface area (Å²) in [6.45, 7) is 1.98. The predicted octanol–water partition coefficient (Wildman–Crippen LogP) is 4.76. The van der Waals surface area contributed by atoms with Crippen molar-refractivity contribution in [1.29, 1.82) is 0 Å². The van der Waals surface area contributed by atoms with E-state index in [0.717, 1.165) is 16.6 Å². The number of nitrogens with zero attached hydrogens (tertiary/aromatic N) is 4. The molecule has 3 aromatic heterocycles. The van der Waals surface area contributed by atoms with Crippen molar-refractivity contribution >= 4 is 63.3 Å². The Kier molecular flexibility index (Phi) is 4.60. The number of thioether (sulfide) groups is 1. The van der Waals surface area contributed by atoms with Crippen molar-refractivity contribution in [1.82, 2.24) is 19.5 Å². The lowest BCUT2D eigenvalue weighted by Gasteiger charge is -2.11. The van der Waals surface area contributed by atoms with Gasteiger partial charge in [-0.2, -0.15) is 0 Å². The molecule has 9 heteroatoms. The fourth-order valence-corrected chi connectivity index (χ4v) is 3.97. The third kappa shape index (κ3) is 3.35. The number of anilines is 1. The summed E-state index contributed by atoms with van der Waals surface area (Å²) in [6.07, 6.45) is 1.81. The van der Waals surface area contributed by atoms with Crippen LogP contribution in [0.25, 0.3) is 10.9 Å². The van der Waals surface area contributed by atoms with Crippen molar-refractivity contribution in [3.63, 3.8) is 0 Å². The van der Waals surface area contributed by atoms with Crippen LogP contribution >= 0.6 is 46.6 Å². The number of hydrogen-bond acceptors (Lipinski definition) is 5. The molecule has 0 aliphatic rings. The Bertz CT molecular complexity index is 875. The first-order chi connectivity index (χ1) is 10.8. The number of hydrogen-bond donors (Lipinski definition) is 1. The summed E-state index contributed by atoms with van der Waals surface area (Å²) >= 11 is 19.9.